The first kappa shape index (κ1) is 10.8. The summed E-state index contributed by atoms with van der Waals surface area (Å²) in [6.07, 6.45) is 2.31. The molecule has 1 aliphatic carbocycles. The number of nitrogens with zero attached hydrogens (tertiary/aromatic N) is 1. The molecule has 0 saturated heterocycles. The number of nitriles is 1. The zero-order valence-corrected chi connectivity index (χ0v) is 8.39. The lowest BCUT2D eigenvalue weighted by molar-refractivity contribution is 0.113. The van der Waals surface area contributed by atoms with Crippen molar-refractivity contribution in [3.63, 3.8) is 0 Å². The van der Waals surface area contributed by atoms with Gasteiger partial charge in [0.2, 0.25) is 0 Å². The van der Waals surface area contributed by atoms with Gasteiger partial charge < -0.3 is 10.2 Å². The Morgan fingerprint density at radius 2 is 2.23 bits per heavy atom. The molecule has 0 amide bonds. The van der Waals surface area contributed by atoms with Gasteiger partial charge in [0.05, 0.1) is 18.8 Å². The first-order valence-corrected chi connectivity index (χ1v) is 5.61. The van der Waals surface area contributed by atoms with Gasteiger partial charge in [-0.3, -0.25) is 0 Å². The van der Waals surface area contributed by atoms with Crippen molar-refractivity contribution in [2.24, 2.45) is 5.41 Å². The maximum absolute atomic E-state index is 9.07. The molecule has 1 rings (SSSR count). The first-order valence-electron chi connectivity index (χ1n) is 4.46. The Kier molecular flexibility index (Phi) is 4.04. The Labute approximate surface area is 82.8 Å². The normalized spacial score (nSPS) is 20.7. The summed E-state index contributed by atoms with van der Waals surface area (Å²) in [5, 5.41) is 26.2. The predicted octanol–water partition coefficient (Wildman–Crippen LogP) is 0.767. The van der Waals surface area contributed by atoms with Crippen molar-refractivity contribution in [3.8, 4) is 6.07 Å². The number of aliphatic hydroxyl groups excluding tert-OH is 2. The van der Waals surface area contributed by atoms with Crippen molar-refractivity contribution >= 4 is 11.8 Å². The third-order valence-electron chi connectivity index (χ3n) is 2.34. The maximum Gasteiger partial charge on any atom is 0.0861 e. The summed E-state index contributed by atoms with van der Waals surface area (Å²) in [4.78, 5) is 0. The van der Waals surface area contributed by atoms with Crippen LogP contribution in [0.1, 0.15) is 19.3 Å². The number of rotatable bonds is 6. The van der Waals surface area contributed by atoms with Gasteiger partial charge in [0, 0.05) is 17.9 Å². The van der Waals surface area contributed by atoms with E-state index < -0.39 is 6.10 Å². The minimum absolute atomic E-state index is 0.168. The van der Waals surface area contributed by atoms with E-state index in [0.717, 1.165) is 18.6 Å². The Balaban J connectivity index is 2.09. The minimum Gasteiger partial charge on any atom is -0.394 e. The van der Waals surface area contributed by atoms with Crippen molar-refractivity contribution in [2.75, 3.05) is 18.1 Å². The van der Waals surface area contributed by atoms with Crippen LogP contribution in [-0.4, -0.2) is 34.4 Å². The Hall–Kier alpha value is -0.240. The molecule has 1 fully saturated rings. The molecule has 1 aliphatic rings. The second-order valence-electron chi connectivity index (χ2n) is 3.69. The summed E-state index contributed by atoms with van der Waals surface area (Å²) < 4.78 is 0. The molecule has 0 aliphatic heterocycles. The van der Waals surface area contributed by atoms with Gasteiger partial charge in [-0.2, -0.15) is 17.0 Å². The fraction of sp³-hybridized carbons (Fsp3) is 0.889. The van der Waals surface area contributed by atoms with Crippen LogP contribution in [0.3, 0.4) is 0 Å². The van der Waals surface area contributed by atoms with Crippen LogP contribution < -0.4 is 0 Å². The van der Waals surface area contributed by atoms with Crippen molar-refractivity contribution in [3.05, 3.63) is 0 Å². The highest BCUT2D eigenvalue weighted by Crippen LogP contribution is 2.50. The van der Waals surface area contributed by atoms with Gasteiger partial charge >= 0.3 is 0 Å². The lowest BCUT2D eigenvalue weighted by Gasteiger charge is -2.11. The van der Waals surface area contributed by atoms with Gasteiger partial charge in [-0.15, -0.1) is 0 Å². The van der Waals surface area contributed by atoms with E-state index in [1.165, 1.54) is 0 Å². The van der Waals surface area contributed by atoms with Crippen molar-refractivity contribution in [1.82, 2.24) is 0 Å². The molecule has 0 heterocycles. The van der Waals surface area contributed by atoms with Gasteiger partial charge in [-0.05, 0) is 18.3 Å². The fourth-order valence-corrected chi connectivity index (χ4v) is 2.50. The summed E-state index contributed by atoms with van der Waals surface area (Å²) in [6, 6.07) is 2.20. The van der Waals surface area contributed by atoms with E-state index in [9.17, 15) is 0 Å². The van der Waals surface area contributed by atoms with Gasteiger partial charge in [-0.1, -0.05) is 0 Å². The van der Waals surface area contributed by atoms with Crippen LogP contribution in [0.25, 0.3) is 0 Å². The van der Waals surface area contributed by atoms with Crippen LogP contribution >= 0.6 is 11.8 Å². The van der Waals surface area contributed by atoms with E-state index in [-0.39, 0.29) is 12.0 Å². The van der Waals surface area contributed by atoms with E-state index in [4.69, 9.17) is 15.5 Å². The number of aliphatic hydroxyl groups is 2. The summed E-state index contributed by atoms with van der Waals surface area (Å²) in [5.74, 6) is 1.52. The highest BCUT2D eigenvalue weighted by atomic mass is 32.2. The van der Waals surface area contributed by atoms with E-state index >= 15 is 0 Å². The summed E-state index contributed by atoms with van der Waals surface area (Å²) >= 11 is 1.63. The molecule has 0 radical (unpaired) electrons. The van der Waals surface area contributed by atoms with E-state index in [0.29, 0.717) is 12.2 Å². The number of hydrogen-bond acceptors (Lipinski definition) is 4. The zero-order valence-electron chi connectivity index (χ0n) is 7.57. The van der Waals surface area contributed by atoms with Crippen molar-refractivity contribution in [2.45, 2.75) is 25.4 Å². The maximum atomic E-state index is 9.07. The Bertz CT molecular complexity index is 198. The lowest BCUT2D eigenvalue weighted by Crippen LogP contribution is -2.16. The number of thioether (sulfide) groups is 1. The quantitative estimate of drug-likeness (QED) is 0.666. The lowest BCUT2D eigenvalue weighted by atomic mass is 10.1. The summed E-state index contributed by atoms with van der Waals surface area (Å²) in [5.41, 5.74) is 0.245. The van der Waals surface area contributed by atoms with E-state index in [2.05, 4.69) is 6.07 Å². The molecule has 1 saturated carbocycles. The molecule has 74 valence electrons. The minimum atomic E-state index is -0.608. The second-order valence-corrected chi connectivity index (χ2v) is 4.72. The molecule has 0 spiro atoms. The van der Waals surface area contributed by atoms with Gasteiger partial charge in [0.1, 0.15) is 0 Å². The molecule has 1 unspecified atom stereocenters. The van der Waals surface area contributed by atoms with Crippen LogP contribution in [0, 0.1) is 16.7 Å². The largest absolute Gasteiger partial charge is 0.394 e. The molecule has 0 aromatic carbocycles. The van der Waals surface area contributed by atoms with Crippen LogP contribution in [-0.2, 0) is 0 Å². The van der Waals surface area contributed by atoms with Crippen molar-refractivity contribution < 1.29 is 10.2 Å². The average molecular weight is 201 g/mol. The Morgan fingerprint density at radius 3 is 2.69 bits per heavy atom. The molecular weight excluding hydrogens is 186 g/mol. The molecule has 13 heavy (non-hydrogen) atoms. The molecular formula is C9H15NO2S. The monoisotopic (exact) mass is 201 g/mol. The average Bonchev–Trinajstić information content (AvgIpc) is 2.86. The highest BCUT2D eigenvalue weighted by Gasteiger charge is 2.41. The summed E-state index contributed by atoms with van der Waals surface area (Å²) in [6.45, 7) is -0.168. The standard InChI is InChI=1S/C9H15NO2S/c10-4-3-9(1-2-9)7-13-6-8(12)5-11/h8,11-12H,1-3,5-7H2. The molecule has 4 heteroatoms. The number of hydrogen-bond donors (Lipinski definition) is 2. The summed E-state index contributed by atoms with van der Waals surface area (Å²) in [7, 11) is 0. The zero-order chi connectivity index (χ0) is 9.73. The SMILES string of the molecule is N#CCC1(CSCC(O)CO)CC1. The molecule has 1 atom stereocenters. The van der Waals surface area contributed by atoms with Crippen LogP contribution in [0.5, 0.6) is 0 Å². The molecule has 0 aromatic heterocycles. The van der Waals surface area contributed by atoms with Crippen LogP contribution in [0.2, 0.25) is 0 Å². The second kappa shape index (κ2) is 4.85. The van der Waals surface area contributed by atoms with Crippen LogP contribution in [0.15, 0.2) is 0 Å². The van der Waals surface area contributed by atoms with Gasteiger partial charge in [0.15, 0.2) is 0 Å². The van der Waals surface area contributed by atoms with E-state index in [1.807, 2.05) is 0 Å². The fourth-order valence-electron chi connectivity index (χ4n) is 1.18. The van der Waals surface area contributed by atoms with Crippen LogP contribution in [0.4, 0.5) is 0 Å². The van der Waals surface area contributed by atoms with Gasteiger partial charge in [0.25, 0.3) is 0 Å². The molecule has 0 aromatic rings. The third-order valence-corrected chi connectivity index (χ3v) is 3.78. The Morgan fingerprint density at radius 1 is 1.54 bits per heavy atom. The first-order chi connectivity index (χ1) is 6.22. The third kappa shape index (κ3) is 3.55. The topological polar surface area (TPSA) is 64.2 Å². The van der Waals surface area contributed by atoms with Crippen molar-refractivity contribution in [1.29, 1.82) is 5.26 Å². The molecule has 2 N–H and O–H groups in total. The smallest absolute Gasteiger partial charge is 0.0861 e. The molecule has 3 nitrogen and oxygen atoms in total. The highest BCUT2D eigenvalue weighted by molar-refractivity contribution is 7.99. The van der Waals surface area contributed by atoms with E-state index in [1.54, 1.807) is 11.8 Å². The molecule has 0 bridgehead atoms. The van der Waals surface area contributed by atoms with Gasteiger partial charge in [-0.25, -0.2) is 0 Å². The predicted molar refractivity (Wildman–Crippen MR) is 52.3 cm³/mol.